The molecule has 1 aliphatic heterocycles. The number of Topliss-reactive ketones (excluding diaryl/α,β-unsaturated/α-hetero) is 1. The number of alkyl halides is 3. The number of rotatable bonds is 3. The van der Waals surface area contributed by atoms with Gasteiger partial charge in [0, 0.05) is 33.4 Å². The molecule has 0 fully saturated rings. The molecule has 35 heavy (non-hydrogen) atoms. The van der Waals surface area contributed by atoms with Crippen LogP contribution in [0.5, 0.6) is 5.75 Å². The Morgan fingerprint density at radius 3 is 2.40 bits per heavy atom. The summed E-state index contributed by atoms with van der Waals surface area (Å²) in [5, 5.41) is 10.0. The van der Waals surface area contributed by atoms with E-state index >= 15 is 4.39 Å². The van der Waals surface area contributed by atoms with Crippen LogP contribution >= 0.6 is 15.9 Å². The average Bonchev–Trinajstić information content (AvgIpc) is 2.72. The van der Waals surface area contributed by atoms with Crippen molar-refractivity contribution in [1.82, 2.24) is 0 Å². The molecule has 1 heterocycles. The van der Waals surface area contributed by atoms with Gasteiger partial charge in [0.15, 0.2) is 5.78 Å². The molecule has 4 rings (SSSR count). The molecule has 0 amide bonds. The molecule has 10 heteroatoms. The Kier molecular flexibility index (Phi) is 6.18. The third kappa shape index (κ3) is 4.78. The molecular formula is C25H20BrF4N3O2. The summed E-state index contributed by atoms with van der Waals surface area (Å²) in [5.74, 6) is -2.29. The summed E-state index contributed by atoms with van der Waals surface area (Å²) in [6.45, 7) is 3.81. The number of nitrogens with two attached hydrogens (primary N) is 1. The number of nitriles is 1. The van der Waals surface area contributed by atoms with Crippen LogP contribution in [0.25, 0.3) is 0 Å². The number of anilines is 1. The highest BCUT2D eigenvalue weighted by atomic mass is 79.9. The van der Waals surface area contributed by atoms with E-state index in [0.29, 0.717) is 22.3 Å². The van der Waals surface area contributed by atoms with E-state index in [9.17, 15) is 23.2 Å². The molecule has 2 aromatic carbocycles. The molecule has 0 aromatic heterocycles. The van der Waals surface area contributed by atoms with E-state index in [1.54, 1.807) is 6.07 Å². The third-order valence-electron chi connectivity index (χ3n) is 5.98. The van der Waals surface area contributed by atoms with Crippen LogP contribution in [0, 0.1) is 22.6 Å². The summed E-state index contributed by atoms with van der Waals surface area (Å²) < 4.78 is 57.3. The molecule has 1 unspecified atom stereocenters. The minimum atomic E-state index is -4.85. The first-order chi connectivity index (χ1) is 16.3. The van der Waals surface area contributed by atoms with Gasteiger partial charge < -0.3 is 10.5 Å². The summed E-state index contributed by atoms with van der Waals surface area (Å²) in [7, 11) is 0. The number of benzene rings is 2. The first-order valence-corrected chi connectivity index (χ1v) is 11.4. The fourth-order valence-electron chi connectivity index (χ4n) is 4.65. The molecule has 1 atom stereocenters. The van der Waals surface area contributed by atoms with E-state index in [0.717, 1.165) is 12.1 Å². The highest BCUT2D eigenvalue weighted by molar-refractivity contribution is 9.10. The van der Waals surface area contributed by atoms with Crippen LogP contribution in [0.2, 0.25) is 0 Å². The maximum atomic E-state index is 15.1. The first kappa shape index (κ1) is 24.8. The van der Waals surface area contributed by atoms with Crippen molar-refractivity contribution < 1.29 is 27.1 Å². The molecule has 1 aliphatic carbocycles. The molecule has 182 valence electrons. The molecule has 0 saturated heterocycles. The van der Waals surface area contributed by atoms with Crippen molar-refractivity contribution in [3.8, 4) is 11.8 Å². The Morgan fingerprint density at radius 1 is 1.17 bits per heavy atom. The monoisotopic (exact) mass is 549 g/mol. The lowest BCUT2D eigenvalue weighted by Gasteiger charge is -2.43. The molecular weight excluding hydrogens is 530 g/mol. The van der Waals surface area contributed by atoms with Crippen LogP contribution in [0.1, 0.15) is 38.2 Å². The third-order valence-corrected chi connectivity index (χ3v) is 6.48. The van der Waals surface area contributed by atoms with Gasteiger partial charge in [-0.3, -0.25) is 9.69 Å². The predicted molar refractivity (Wildman–Crippen MR) is 124 cm³/mol. The molecule has 0 spiro atoms. The van der Waals surface area contributed by atoms with Crippen molar-refractivity contribution in [3.63, 3.8) is 0 Å². The zero-order valence-electron chi connectivity index (χ0n) is 18.7. The zero-order valence-corrected chi connectivity index (χ0v) is 20.3. The molecule has 5 nitrogen and oxygen atoms in total. The second-order valence-corrected chi connectivity index (χ2v) is 10.1. The minimum Gasteiger partial charge on any atom is -0.406 e. The normalized spacial score (nSPS) is 20.0. The Balaban J connectivity index is 1.92. The van der Waals surface area contributed by atoms with E-state index < -0.39 is 29.3 Å². The van der Waals surface area contributed by atoms with E-state index in [1.807, 2.05) is 19.9 Å². The number of ether oxygens (including phenoxy) is 1. The van der Waals surface area contributed by atoms with Gasteiger partial charge >= 0.3 is 6.36 Å². The van der Waals surface area contributed by atoms with Gasteiger partial charge in [-0.15, -0.1) is 13.2 Å². The van der Waals surface area contributed by atoms with Crippen molar-refractivity contribution in [3.05, 3.63) is 81.0 Å². The Morgan fingerprint density at radius 2 is 1.83 bits per heavy atom. The highest BCUT2D eigenvalue weighted by Gasteiger charge is 2.45. The van der Waals surface area contributed by atoms with Crippen LogP contribution in [0.3, 0.4) is 0 Å². The average molecular weight is 550 g/mol. The van der Waals surface area contributed by atoms with Gasteiger partial charge in [-0.2, -0.15) is 5.26 Å². The van der Waals surface area contributed by atoms with Crippen molar-refractivity contribution in [2.24, 2.45) is 11.1 Å². The van der Waals surface area contributed by atoms with Gasteiger partial charge in [-0.05, 0) is 48.2 Å². The van der Waals surface area contributed by atoms with Crippen molar-refractivity contribution in [2.45, 2.75) is 39.0 Å². The number of allylic oxidation sites excluding steroid dienone is 3. The van der Waals surface area contributed by atoms with Crippen molar-refractivity contribution in [1.29, 1.82) is 5.26 Å². The predicted octanol–water partition coefficient (Wildman–Crippen LogP) is 6.43. The molecule has 0 radical (unpaired) electrons. The summed E-state index contributed by atoms with van der Waals surface area (Å²) in [4.78, 5) is 14.9. The lowest BCUT2D eigenvalue weighted by molar-refractivity contribution is -0.274. The number of hydrogen-bond acceptors (Lipinski definition) is 5. The lowest BCUT2D eigenvalue weighted by atomic mass is 9.68. The maximum Gasteiger partial charge on any atom is 0.573 e. The quantitative estimate of drug-likeness (QED) is 0.446. The SMILES string of the molecule is CC1(C)CC(=O)C2=C(C1)N(c1ccc(OC(F)(F)F)cc1)C(N)=C(C#N)C2c1ccc(Br)cc1F. The molecule has 0 bridgehead atoms. The number of halogens is 5. The van der Waals surface area contributed by atoms with Gasteiger partial charge in [-0.1, -0.05) is 35.8 Å². The van der Waals surface area contributed by atoms with E-state index in [1.165, 1.54) is 29.2 Å². The van der Waals surface area contributed by atoms with Gasteiger partial charge in [-0.25, -0.2) is 4.39 Å². The van der Waals surface area contributed by atoms with Gasteiger partial charge in [0.05, 0.1) is 17.6 Å². The van der Waals surface area contributed by atoms with Gasteiger partial charge in [0.1, 0.15) is 17.4 Å². The second kappa shape index (κ2) is 8.72. The van der Waals surface area contributed by atoms with Crippen LogP contribution in [0.4, 0.5) is 23.2 Å². The van der Waals surface area contributed by atoms with E-state index in [-0.39, 0.29) is 34.7 Å². The Labute approximate surface area is 207 Å². The highest BCUT2D eigenvalue weighted by Crippen LogP contribution is 2.50. The fraction of sp³-hybridized carbons (Fsp3) is 0.280. The topological polar surface area (TPSA) is 79.3 Å². The van der Waals surface area contributed by atoms with Gasteiger partial charge in [0.25, 0.3) is 0 Å². The fourth-order valence-corrected chi connectivity index (χ4v) is 4.98. The zero-order chi connectivity index (χ0) is 25.7. The number of hydrogen-bond donors (Lipinski definition) is 1. The van der Waals surface area contributed by atoms with Crippen LogP contribution < -0.4 is 15.4 Å². The summed E-state index contributed by atoms with van der Waals surface area (Å²) >= 11 is 3.21. The summed E-state index contributed by atoms with van der Waals surface area (Å²) in [6.07, 6.45) is -4.29. The standard InChI is InChI=1S/C25H20BrF4N3O2/c1-24(2)10-19-22(20(34)11-24)21(16-8-3-13(26)9-18(16)27)17(12-31)23(32)33(19)14-4-6-15(7-5-14)35-25(28,29)30/h3-9,21H,10-11,32H2,1-2H3. The number of carbonyl (C=O) groups is 1. The molecule has 0 saturated carbocycles. The molecule has 2 aromatic rings. The van der Waals surface area contributed by atoms with Crippen LogP contribution in [-0.4, -0.2) is 12.1 Å². The second-order valence-electron chi connectivity index (χ2n) is 9.19. The molecule has 2 N–H and O–H groups in total. The summed E-state index contributed by atoms with van der Waals surface area (Å²) in [5.41, 5.74) is 7.20. The number of carbonyl (C=O) groups excluding carboxylic acids is 1. The number of nitrogens with zero attached hydrogens (tertiary/aromatic N) is 2. The van der Waals surface area contributed by atoms with E-state index in [2.05, 4.69) is 20.7 Å². The summed E-state index contributed by atoms with van der Waals surface area (Å²) in [6, 6.07) is 11.4. The Bertz CT molecular complexity index is 1310. The van der Waals surface area contributed by atoms with Crippen molar-refractivity contribution in [2.75, 3.05) is 4.90 Å². The Hall–Kier alpha value is -3.32. The lowest BCUT2D eigenvalue weighted by Crippen LogP contribution is -2.42. The largest absolute Gasteiger partial charge is 0.573 e. The van der Waals surface area contributed by atoms with Crippen LogP contribution in [-0.2, 0) is 4.79 Å². The minimum absolute atomic E-state index is 0.0198. The first-order valence-electron chi connectivity index (χ1n) is 10.6. The van der Waals surface area contributed by atoms with Crippen LogP contribution in [0.15, 0.2) is 69.6 Å². The van der Waals surface area contributed by atoms with Crippen molar-refractivity contribution >= 4 is 27.4 Å². The number of ketones is 1. The smallest absolute Gasteiger partial charge is 0.406 e. The van der Waals surface area contributed by atoms with Gasteiger partial charge in [0.2, 0.25) is 0 Å². The molecule has 2 aliphatic rings. The maximum absolute atomic E-state index is 15.1. The van der Waals surface area contributed by atoms with E-state index in [4.69, 9.17) is 5.73 Å².